The van der Waals surface area contributed by atoms with Gasteiger partial charge in [0.2, 0.25) is 0 Å². The second-order valence-electron chi connectivity index (χ2n) is 14.2. The molecule has 0 radical (unpaired) electrons. The summed E-state index contributed by atoms with van der Waals surface area (Å²) in [4.78, 5) is 0. The molecule has 0 aliphatic heterocycles. The minimum absolute atomic E-state index is 1.20. The van der Waals surface area contributed by atoms with E-state index in [1.165, 1.54) is 100 Å². The van der Waals surface area contributed by atoms with Crippen LogP contribution in [0.3, 0.4) is 0 Å². The molecule has 0 heterocycles. The van der Waals surface area contributed by atoms with Gasteiger partial charge >= 0.3 is 197 Å². The molecule has 0 atom stereocenters. The van der Waals surface area contributed by atoms with Gasteiger partial charge in [-0.3, -0.25) is 0 Å². The van der Waals surface area contributed by atoms with Crippen LogP contribution in [0.4, 0.5) is 0 Å². The fourth-order valence-corrected chi connectivity index (χ4v) is 18.0. The summed E-state index contributed by atoms with van der Waals surface area (Å²) in [6, 6.07) is 0. The summed E-state index contributed by atoms with van der Waals surface area (Å²) in [5.74, 6) is 0. The molecule has 0 unspecified atom stereocenters. The summed E-state index contributed by atoms with van der Waals surface area (Å²) < 4.78 is 0. The first-order valence-electron chi connectivity index (χ1n) is 18.4. The zero-order valence-corrected chi connectivity index (χ0v) is 26.9. The Morgan fingerprint density at radius 2 is 0.622 bits per heavy atom. The maximum atomic E-state index is 2.32. The quantitative estimate of drug-likeness (QED) is 0.108. The van der Waals surface area contributed by atoms with E-state index >= 15 is 0 Å². The van der Waals surface area contributed by atoms with E-state index in [0.717, 1.165) is 0 Å². The van der Waals surface area contributed by atoms with E-state index in [9.17, 15) is 0 Å². The fraction of sp³-hybridized carbons (Fsp3) is 1.00. The molecule has 37 heavy (non-hydrogen) atoms. The Bertz CT molecular complexity index is 463. The van der Waals surface area contributed by atoms with Crippen molar-refractivity contribution in [1.82, 2.24) is 0 Å². The van der Waals surface area contributed by atoms with E-state index in [1.54, 1.807) is 122 Å². The molecule has 3 fully saturated rings. The second kappa shape index (κ2) is 20.3. The van der Waals surface area contributed by atoms with Crippen LogP contribution < -0.4 is 0 Å². The van der Waals surface area contributed by atoms with Crippen LogP contribution in [0.5, 0.6) is 0 Å². The molecule has 0 saturated heterocycles. The first kappa shape index (κ1) is 32.0. The van der Waals surface area contributed by atoms with Crippen LogP contribution in [0.2, 0.25) is 0 Å². The van der Waals surface area contributed by atoms with Gasteiger partial charge in [-0.1, -0.05) is 39.0 Å². The van der Waals surface area contributed by atoms with Crippen LogP contribution in [0.1, 0.15) is 206 Å². The van der Waals surface area contributed by atoms with Crippen molar-refractivity contribution < 1.29 is 0 Å². The van der Waals surface area contributed by atoms with E-state index in [2.05, 4.69) is 6.92 Å². The fourth-order valence-electron chi connectivity index (χ4n) is 9.51. The molecule has 0 amide bonds. The summed E-state index contributed by atoms with van der Waals surface area (Å²) in [6.07, 6.45) is 49.9. The zero-order chi connectivity index (χ0) is 25.9. The van der Waals surface area contributed by atoms with Gasteiger partial charge in [-0.05, 0) is 0 Å². The summed E-state index contributed by atoms with van der Waals surface area (Å²) in [5, 5.41) is 0. The van der Waals surface area contributed by atoms with Crippen molar-refractivity contribution in [3.05, 3.63) is 0 Å². The van der Waals surface area contributed by atoms with E-state index < -0.39 is 7.26 Å². The molecule has 0 bridgehead atoms. The van der Waals surface area contributed by atoms with Crippen LogP contribution in [-0.4, -0.2) is 23.1 Å². The Morgan fingerprint density at radius 3 is 0.919 bits per heavy atom. The van der Waals surface area contributed by atoms with Gasteiger partial charge in [0.15, 0.2) is 0 Å². The van der Waals surface area contributed by atoms with Gasteiger partial charge in [0.25, 0.3) is 0 Å². The Hall–Kier alpha value is 0.430. The van der Waals surface area contributed by atoms with Gasteiger partial charge in [-0.25, -0.2) is 0 Å². The normalized spacial score (nSPS) is 21.4. The van der Waals surface area contributed by atoms with Crippen molar-refractivity contribution >= 4 is 7.26 Å². The molecular formula is C36H71P. The van der Waals surface area contributed by atoms with Gasteiger partial charge in [-0.2, -0.15) is 0 Å². The first-order valence-corrected chi connectivity index (χ1v) is 20.8. The summed E-state index contributed by atoms with van der Waals surface area (Å²) in [6.45, 7) is 2.32. The van der Waals surface area contributed by atoms with E-state index in [4.69, 9.17) is 0 Å². The Labute approximate surface area is 236 Å². The van der Waals surface area contributed by atoms with E-state index in [1.807, 2.05) is 0 Å². The summed E-state index contributed by atoms with van der Waals surface area (Å²) in [5.41, 5.74) is 3.68. The molecule has 3 aliphatic carbocycles. The summed E-state index contributed by atoms with van der Waals surface area (Å²) in [7, 11) is -1.20. The number of unbranched alkanes of at least 4 members (excludes halogenated alkanes) is 15. The Balaban J connectivity index is 1.33. The third-order valence-electron chi connectivity index (χ3n) is 11.6. The number of rotatable bonds is 20. The van der Waals surface area contributed by atoms with Gasteiger partial charge in [-0.15, -0.1) is 0 Å². The topological polar surface area (TPSA) is 0 Å². The van der Waals surface area contributed by atoms with Crippen molar-refractivity contribution in [1.29, 1.82) is 0 Å². The maximum absolute atomic E-state index is 2.32. The number of hydrogen-bond acceptors (Lipinski definition) is 0. The molecule has 0 aromatic rings. The third kappa shape index (κ3) is 11.4. The van der Waals surface area contributed by atoms with Crippen molar-refractivity contribution in [3.63, 3.8) is 0 Å². The van der Waals surface area contributed by atoms with Crippen LogP contribution >= 0.6 is 7.26 Å². The van der Waals surface area contributed by atoms with Crippen LogP contribution in [0, 0.1) is 0 Å². The molecule has 1 heteroatoms. The molecule has 0 aromatic carbocycles. The van der Waals surface area contributed by atoms with Crippen LogP contribution in [0.25, 0.3) is 0 Å². The number of hydrogen-bond donors (Lipinski definition) is 0. The van der Waals surface area contributed by atoms with Crippen LogP contribution in [0.15, 0.2) is 0 Å². The van der Waals surface area contributed by atoms with Crippen molar-refractivity contribution in [2.75, 3.05) is 6.16 Å². The molecule has 220 valence electrons. The predicted molar refractivity (Wildman–Crippen MR) is 173 cm³/mol. The van der Waals surface area contributed by atoms with Crippen molar-refractivity contribution in [2.45, 2.75) is 223 Å². The molecule has 0 N–H and O–H groups in total. The molecule has 3 saturated carbocycles. The molecule has 3 aliphatic rings. The minimum atomic E-state index is -1.20. The second-order valence-corrected chi connectivity index (χ2v) is 19.3. The van der Waals surface area contributed by atoms with Crippen LogP contribution in [-0.2, 0) is 0 Å². The van der Waals surface area contributed by atoms with E-state index in [-0.39, 0.29) is 0 Å². The average Bonchev–Trinajstić information content (AvgIpc) is 2.96. The summed E-state index contributed by atoms with van der Waals surface area (Å²) >= 11 is 0. The zero-order valence-electron chi connectivity index (χ0n) is 25.9. The van der Waals surface area contributed by atoms with Crippen molar-refractivity contribution in [3.8, 4) is 0 Å². The Kier molecular flexibility index (Phi) is 17.6. The monoisotopic (exact) mass is 535 g/mol. The predicted octanol–water partition coefficient (Wildman–Crippen LogP) is 13.0. The van der Waals surface area contributed by atoms with E-state index in [0.29, 0.717) is 0 Å². The average molecular weight is 535 g/mol. The first-order chi connectivity index (χ1) is 18.4. The molecule has 0 nitrogen and oxygen atoms in total. The van der Waals surface area contributed by atoms with Crippen molar-refractivity contribution in [2.24, 2.45) is 0 Å². The van der Waals surface area contributed by atoms with Gasteiger partial charge < -0.3 is 0 Å². The standard InChI is InChI=1S/C36H71P/c1-2-3-4-5-6-7-8-9-10-11-12-13-14-15-16-26-33-37(34-27-20-17-21-28-34,35-29-22-18-23-30-35)36-31-24-19-25-32-36/h34-37H,2-33H2,1H3. The third-order valence-corrected chi connectivity index (χ3v) is 19.1. The van der Waals surface area contributed by atoms with Gasteiger partial charge in [0.1, 0.15) is 0 Å². The molecule has 0 aromatic heterocycles. The van der Waals surface area contributed by atoms with Gasteiger partial charge in [0.05, 0.1) is 0 Å². The molecule has 0 spiro atoms. The molecule has 3 rings (SSSR count). The van der Waals surface area contributed by atoms with Gasteiger partial charge in [0, 0.05) is 0 Å². The Morgan fingerprint density at radius 1 is 0.351 bits per heavy atom. The SMILES string of the molecule is CCCCCCCCCCCCCCCCCC[PH](C1CCCCC1)(C1CCCCC1)C1CCCCC1. The molecular weight excluding hydrogens is 463 g/mol.